The molecule has 0 aromatic heterocycles. The zero-order valence-corrected chi connectivity index (χ0v) is 22.1. The number of halogens is 1. The summed E-state index contributed by atoms with van der Waals surface area (Å²) in [5.41, 5.74) is 4.08. The van der Waals surface area contributed by atoms with E-state index in [-0.39, 0.29) is 24.4 Å². The number of dihydropyridines is 1. The quantitative estimate of drug-likeness (QED) is 0.455. The molecule has 0 saturated carbocycles. The van der Waals surface area contributed by atoms with Crippen molar-refractivity contribution in [3.8, 4) is 11.5 Å². The molecule has 0 fully saturated rings. The lowest BCUT2D eigenvalue weighted by Crippen LogP contribution is -2.38. The largest absolute Gasteiger partial charge is 0.493 e. The summed E-state index contributed by atoms with van der Waals surface area (Å²) in [6.45, 7) is 8.31. The average Bonchev–Trinajstić information content (AvgIpc) is 2.82. The highest BCUT2D eigenvalue weighted by Gasteiger charge is 2.43. The van der Waals surface area contributed by atoms with E-state index in [4.69, 9.17) is 25.8 Å². The second kappa shape index (κ2) is 10.4. The first-order valence-electron chi connectivity index (χ1n) is 12.1. The predicted octanol–water partition coefficient (Wildman–Crippen LogP) is 6.09. The van der Waals surface area contributed by atoms with E-state index >= 15 is 0 Å². The lowest BCUT2D eigenvalue weighted by Gasteiger charge is -2.39. The number of methoxy groups -OCH3 is 1. The molecule has 0 saturated heterocycles. The van der Waals surface area contributed by atoms with Crippen LogP contribution in [0.3, 0.4) is 0 Å². The van der Waals surface area contributed by atoms with E-state index in [1.54, 1.807) is 14.0 Å². The van der Waals surface area contributed by atoms with Crippen LogP contribution < -0.4 is 14.8 Å². The molecule has 1 unspecified atom stereocenters. The molecule has 1 heterocycles. The fourth-order valence-electron chi connectivity index (χ4n) is 5.00. The van der Waals surface area contributed by atoms with Crippen LogP contribution in [-0.2, 0) is 20.9 Å². The summed E-state index contributed by atoms with van der Waals surface area (Å²) in [6.07, 6.45) is 1.13. The van der Waals surface area contributed by atoms with Crippen molar-refractivity contribution in [2.24, 2.45) is 5.41 Å². The molecule has 4 rings (SSSR count). The van der Waals surface area contributed by atoms with Crippen LogP contribution in [0.2, 0.25) is 5.02 Å². The van der Waals surface area contributed by atoms with Crippen LogP contribution in [0, 0.1) is 5.41 Å². The van der Waals surface area contributed by atoms with Gasteiger partial charge in [-0.25, -0.2) is 4.79 Å². The monoisotopic (exact) mass is 509 g/mol. The maximum absolute atomic E-state index is 13.4. The van der Waals surface area contributed by atoms with E-state index in [9.17, 15) is 9.59 Å². The number of hydrogen-bond donors (Lipinski definition) is 1. The number of benzene rings is 2. The van der Waals surface area contributed by atoms with Crippen molar-refractivity contribution in [2.45, 2.75) is 53.1 Å². The minimum Gasteiger partial charge on any atom is -0.493 e. The normalized spacial score (nSPS) is 18.9. The summed E-state index contributed by atoms with van der Waals surface area (Å²) in [5, 5.41) is 3.97. The first-order chi connectivity index (χ1) is 17.1. The van der Waals surface area contributed by atoms with Crippen molar-refractivity contribution in [3.05, 3.63) is 81.2 Å². The van der Waals surface area contributed by atoms with Gasteiger partial charge < -0.3 is 19.5 Å². The summed E-state index contributed by atoms with van der Waals surface area (Å²) in [6, 6.07) is 13.0. The molecule has 36 heavy (non-hydrogen) atoms. The number of ketones is 1. The minimum absolute atomic E-state index is 0.0334. The van der Waals surface area contributed by atoms with Crippen molar-refractivity contribution >= 4 is 23.4 Å². The van der Waals surface area contributed by atoms with Crippen molar-refractivity contribution < 1.29 is 23.8 Å². The lowest BCUT2D eigenvalue weighted by atomic mass is 9.68. The fourth-order valence-corrected chi connectivity index (χ4v) is 5.19. The Hall–Kier alpha value is -3.25. The van der Waals surface area contributed by atoms with E-state index in [1.807, 2.05) is 49.4 Å². The lowest BCUT2D eigenvalue weighted by molar-refractivity contribution is -0.138. The van der Waals surface area contributed by atoms with Gasteiger partial charge in [-0.3, -0.25) is 4.79 Å². The van der Waals surface area contributed by atoms with Crippen molar-refractivity contribution in [2.75, 3.05) is 13.7 Å². The van der Waals surface area contributed by atoms with Gasteiger partial charge in [-0.1, -0.05) is 49.7 Å². The molecular weight excluding hydrogens is 478 g/mol. The third kappa shape index (κ3) is 5.14. The Kier molecular flexibility index (Phi) is 7.46. The topological polar surface area (TPSA) is 73.9 Å². The number of carbonyl (C=O) groups excluding carboxylic acids is 2. The summed E-state index contributed by atoms with van der Waals surface area (Å²) < 4.78 is 17.1. The Balaban J connectivity index is 1.75. The maximum Gasteiger partial charge on any atom is 0.336 e. The average molecular weight is 510 g/mol. The van der Waals surface area contributed by atoms with Crippen LogP contribution >= 0.6 is 11.6 Å². The molecule has 2 aromatic rings. The first kappa shape index (κ1) is 25.8. The van der Waals surface area contributed by atoms with Gasteiger partial charge in [0.25, 0.3) is 0 Å². The number of nitrogens with one attached hydrogen (secondary N) is 1. The third-order valence-corrected chi connectivity index (χ3v) is 6.97. The van der Waals surface area contributed by atoms with Crippen LogP contribution in [0.15, 0.2) is 65.0 Å². The highest BCUT2D eigenvalue weighted by Crippen LogP contribution is 2.48. The van der Waals surface area contributed by atoms with Crippen LogP contribution in [0.1, 0.15) is 57.6 Å². The van der Waals surface area contributed by atoms with Crippen LogP contribution in [0.5, 0.6) is 11.5 Å². The highest BCUT2D eigenvalue weighted by atomic mass is 35.5. The number of carbonyl (C=O) groups is 2. The molecule has 1 N–H and O–H groups in total. The third-order valence-electron chi connectivity index (χ3n) is 6.60. The summed E-state index contributed by atoms with van der Waals surface area (Å²) in [5.74, 6) is 0.0830. The molecule has 0 amide bonds. The molecule has 1 atom stereocenters. The fraction of sp³-hybridized carbons (Fsp3) is 0.379. The summed E-state index contributed by atoms with van der Waals surface area (Å²) in [7, 11) is 1.57. The Morgan fingerprint density at radius 1 is 1.14 bits per heavy atom. The Morgan fingerprint density at radius 3 is 2.58 bits per heavy atom. The van der Waals surface area contributed by atoms with Crippen molar-refractivity contribution in [1.29, 1.82) is 0 Å². The molecule has 7 heteroatoms. The van der Waals surface area contributed by atoms with Gasteiger partial charge in [-0.2, -0.15) is 0 Å². The van der Waals surface area contributed by atoms with E-state index in [0.717, 1.165) is 16.8 Å². The number of esters is 1. The Bertz CT molecular complexity index is 1260. The van der Waals surface area contributed by atoms with Gasteiger partial charge in [0.15, 0.2) is 17.3 Å². The maximum atomic E-state index is 13.4. The number of Topliss-reactive ketones (excluding diaryl/α,β-unsaturated/α-hetero) is 1. The van der Waals surface area contributed by atoms with E-state index in [2.05, 4.69) is 19.2 Å². The van der Waals surface area contributed by atoms with E-state index in [0.29, 0.717) is 46.2 Å². The number of allylic oxidation sites excluding steroid dienone is 3. The van der Waals surface area contributed by atoms with Gasteiger partial charge in [0.05, 0.1) is 19.3 Å². The van der Waals surface area contributed by atoms with Crippen LogP contribution in [0.25, 0.3) is 0 Å². The SMILES string of the molecule is CCOC(=O)C1=C(C)NC2=C(C(=O)CC(C)(C)C2)C1c1ccc(OCc2ccccc2Cl)c(OC)c1. The van der Waals surface area contributed by atoms with Crippen molar-refractivity contribution in [3.63, 3.8) is 0 Å². The molecule has 0 radical (unpaired) electrons. The van der Waals surface area contributed by atoms with Crippen LogP contribution in [-0.4, -0.2) is 25.5 Å². The standard InChI is InChI=1S/C29H32ClNO5/c1-6-35-28(33)25-17(2)31-21-14-29(3,4)15-22(32)27(21)26(25)18-11-12-23(24(13-18)34-5)36-16-19-9-7-8-10-20(19)30/h7-13,26,31H,6,14-16H2,1-5H3. The number of hydrogen-bond acceptors (Lipinski definition) is 6. The van der Waals surface area contributed by atoms with E-state index < -0.39 is 11.9 Å². The van der Waals surface area contributed by atoms with Gasteiger partial charge >= 0.3 is 5.97 Å². The van der Waals surface area contributed by atoms with Gasteiger partial charge in [-0.15, -0.1) is 0 Å². The highest BCUT2D eigenvalue weighted by molar-refractivity contribution is 6.31. The molecule has 0 bridgehead atoms. The smallest absolute Gasteiger partial charge is 0.336 e. The number of rotatable bonds is 7. The predicted molar refractivity (Wildman–Crippen MR) is 139 cm³/mol. The molecule has 1 aliphatic carbocycles. The molecule has 2 aromatic carbocycles. The van der Waals surface area contributed by atoms with Gasteiger partial charge in [0, 0.05) is 39.9 Å². The molecule has 1 aliphatic heterocycles. The molecule has 6 nitrogen and oxygen atoms in total. The van der Waals surface area contributed by atoms with Gasteiger partial charge in [0.1, 0.15) is 6.61 Å². The van der Waals surface area contributed by atoms with Gasteiger partial charge in [-0.05, 0) is 49.4 Å². The zero-order chi connectivity index (χ0) is 26.0. The molecular formula is C29H32ClNO5. The van der Waals surface area contributed by atoms with Gasteiger partial charge in [0.2, 0.25) is 0 Å². The Morgan fingerprint density at radius 2 is 1.89 bits per heavy atom. The van der Waals surface area contributed by atoms with Crippen LogP contribution in [0.4, 0.5) is 0 Å². The summed E-state index contributed by atoms with van der Waals surface area (Å²) in [4.78, 5) is 26.5. The second-order valence-corrected chi connectivity index (χ2v) is 10.3. The zero-order valence-electron chi connectivity index (χ0n) is 21.4. The minimum atomic E-state index is -0.560. The first-order valence-corrected chi connectivity index (χ1v) is 12.5. The molecule has 190 valence electrons. The number of ether oxygens (including phenoxy) is 3. The van der Waals surface area contributed by atoms with E-state index in [1.165, 1.54) is 0 Å². The second-order valence-electron chi connectivity index (χ2n) is 9.94. The molecule has 0 spiro atoms. The Labute approximate surface area is 217 Å². The summed E-state index contributed by atoms with van der Waals surface area (Å²) >= 11 is 6.27. The molecule has 2 aliphatic rings. The van der Waals surface area contributed by atoms with Crippen molar-refractivity contribution in [1.82, 2.24) is 5.32 Å².